The molecule has 2 aliphatic carbocycles. The van der Waals surface area contributed by atoms with Gasteiger partial charge in [0, 0.05) is 61.9 Å². The Morgan fingerprint density at radius 2 is 1.33 bits per heavy atom. The minimum atomic E-state index is -0.827. The van der Waals surface area contributed by atoms with Gasteiger partial charge < -0.3 is 35.3 Å². The van der Waals surface area contributed by atoms with E-state index < -0.39 is 29.8 Å². The number of amides is 4. The second-order valence-electron chi connectivity index (χ2n) is 17.5. The summed E-state index contributed by atoms with van der Waals surface area (Å²) in [5.41, 5.74) is 2.98. The van der Waals surface area contributed by atoms with Crippen LogP contribution in [-0.4, -0.2) is 80.0 Å². The monoisotopic (exact) mass is 857 g/mol. The fraction of sp³-hybridized carbons (Fsp3) is 0.417. The molecular formula is C48H53F2N9O4. The van der Waals surface area contributed by atoms with Crippen LogP contribution in [0.2, 0.25) is 0 Å². The van der Waals surface area contributed by atoms with Crippen molar-refractivity contribution in [3.63, 3.8) is 0 Å². The van der Waals surface area contributed by atoms with E-state index in [4.69, 9.17) is 0 Å². The van der Waals surface area contributed by atoms with Crippen molar-refractivity contribution in [2.45, 2.75) is 88.4 Å². The van der Waals surface area contributed by atoms with Gasteiger partial charge in [0.1, 0.15) is 41.1 Å². The van der Waals surface area contributed by atoms with Crippen LogP contribution in [0, 0.1) is 23.5 Å². The SMILES string of the molecule is CC(c1ncc(C2CCN(c3c(F)cc(-c4cnc(C5CCCN5C(=O)C(NC(=O)C5CC5)c5ccccc5)[nH]4)cc3F)CC2)[nH]1)N(C)C(=O)C(NC(=O)C1CC1)c1ccccc1. The van der Waals surface area contributed by atoms with E-state index in [2.05, 4.69) is 30.6 Å². The predicted octanol–water partition coefficient (Wildman–Crippen LogP) is 7.18. The summed E-state index contributed by atoms with van der Waals surface area (Å²) in [4.78, 5) is 74.5. The number of carbonyl (C=O) groups excluding carboxylic acids is 4. The van der Waals surface area contributed by atoms with Crippen LogP contribution in [0.3, 0.4) is 0 Å². The molecule has 4 unspecified atom stereocenters. The number of aromatic amines is 2. The molecule has 4 aliphatic rings. The molecule has 2 aromatic heterocycles. The van der Waals surface area contributed by atoms with Gasteiger partial charge >= 0.3 is 0 Å². The van der Waals surface area contributed by atoms with Crippen molar-refractivity contribution in [3.05, 3.63) is 125 Å². The fourth-order valence-electron chi connectivity index (χ4n) is 9.00. The number of benzene rings is 3. The Kier molecular flexibility index (Phi) is 11.8. The number of halogens is 2. The Balaban J connectivity index is 0.831. The van der Waals surface area contributed by atoms with Gasteiger partial charge in [0.05, 0.1) is 24.0 Å². The molecule has 4 amide bonds. The average molecular weight is 858 g/mol. The van der Waals surface area contributed by atoms with Crippen molar-refractivity contribution < 1.29 is 28.0 Å². The molecule has 5 aromatic rings. The van der Waals surface area contributed by atoms with Gasteiger partial charge in [-0.1, -0.05) is 60.7 Å². The van der Waals surface area contributed by atoms with Gasteiger partial charge in [0.25, 0.3) is 0 Å². The number of nitrogens with zero attached hydrogens (tertiary/aromatic N) is 5. The van der Waals surface area contributed by atoms with Gasteiger partial charge in [0.15, 0.2) is 0 Å². The first-order chi connectivity index (χ1) is 30.5. The van der Waals surface area contributed by atoms with Gasteiger partial charge in [-0.3, -0.25) is 19.2 Å². The number of hydrogen-bond acceptors (Lipinski definition) is 7. The van der Waals surface area contributed by atoms with E-state index in [9.17, 15) is 19.2 Å². The number of carbonyl (C=O) groups is 4. The summed E-state index contributed by atoms with van der Waals surface area (Å²) in [6.45, 7) is 3.22. The van der Waals surface area contributed by atoms with Crippen molar-refractivity contribution in [1.29, 1.82) is 0 Å². The van der Waals surface area contributed by atoms with Crippen LogP contribution in [-0.2, 0) is 19.2 Å². The fourth-order valence-corrected chi connectivity index (χ4v) is 9.00. The maximum absolute atomic E-state index is 15.9. The highest BCUT2D eigenvalue weighted by Crippen LogP contribution is 2.38. The quantitative estimate of drug-likeness (QED) is 0.0921. The number of hydrogen-bond donors (Lipinski definition) is 4. The summed E-state index contributed by atoms with van der Waals surface area (Å²) in [5.74, 6) is -0.948. The lowest BCUT2D eigenvalue weighted by atomic mass is 9.93. The Morgan fingerprint density at radius 3 is 1.94 bits per heavy atom. The zero-order valence-corrected chi connectivity index (χ0v) is 35.5. The highest BCUT2D eigenvalue weighted by Gasteiger charge is 2.40. The molecule has 4 heterocycles. The van der Waals surface area contributed by atoms with Gasteiger partial charge in [-0.25, -0.2) is 18.7 Å². The van der Waals surface area contributed by atoms with Crippen LogP contribution in [0.25, 0.3) is 11.3 Å². The van der Waals surface area contributed by atoms with E-state index in [0.717, 1.165) is 37.8 Å². The summed E-state index contributed by atoms with van der Waals surface area (Å²) in [6.07, 6.45) is 9.28. The van der Waals surface area contributed by atoms with Crippen LogP contribution in [0.5, 0.6) is 0 Å². The molecule has 0 radical (unpaired) electrons. The van der Waals surface area contributed by atoms with Gasteiger partial charge in [-0.05, 0) is 81.5 Å². The first kappa shape index (κ1) is 41.9. The standard InChI is InChI=1S/C48H53F2N9O4/c1-28(57(2)47(62)40(30-10-5-3-6-11-30)55-45(60)32-15-16-32)43-51-26-37(53-43)29-19-22-58(23-20-29)42-35(49)24-34(25-36(42)50)38-27-52-44(54-38)39-14-9-21-59(39)48(63)41(31-12-7-4-8-13-31)56-46(61)33-17-18-33/h3-8,10-13,24-29,32-33,39-41H,9,14-23H2,1-2H3,(H,51,53)(H,52,54)(H,55,60)(H,56,61). The lowest BCUT2D eigenvalue weighted by Crippen LogP contribution is -2.43. The lowest BCUT2D eigenvalue weighted by Gasteiger charge is -2.33. The zero-order chi connectivity index (χ0) is 43.8. The molecular weight excluding hydrogens is 805 g/mol. The molecule has 15 heteroatoms. The number of imidazole rings is 2. The number of nitrogens with one attached hydrogen (secondary N) is 4. The Hall–Kier alpha value is -6.38. The Bertz CT molecular complexity index is 2440. The molecule has 63 heavy (non-hydrogen) atoms. The molecule has 0 spiro atoms. The second-order valence-corrected chi connectivity index (χ2v) is 17.5. The number of H-pyrrole nitrogens is 2. The topological polar surface area (TPSA) is 159 Å². The minimum absolute atomic E-state index is 0.0441. The van der Waals surface area contributed by atoms with E-state index in [1.807, 2.05) is 67.6 Å². The molecule has 0 bridgehead atoms. The summed E-state index contributed by atoms with van der Waals surface area (Å²) in [5, 5.41) is 5.95. The molecule has 2 aliphatic heterocycles. The van der Waals surface area contributed by atoms with Crippen LogP contribution in [0.15, 0.2) is 85.2 Å². The molecule has 13 nitrogen and oxygen atoms in total. The molecule has 4 atom stereocenters. The normalized spacial score (nSPS) is 19.3. The number of anilines is 1. The van der Waals surface area contributed by atoms with E-state index in [0.29, 0.717) is 72.9 Å². The van der Waals surface area contributed by atoms with Crippen LogP contribution in [0.4, 0.5) is 14.5 Å². The summed E-state index contributed by atoms with van der Waals surface area (Å²) >= 11 is 0. The molecule has 4 N–H and O–H groups in total. The van der Waals surface area contributed by atoms with Crippen molar-refractivity contribution in [3.8, 4) is 11.3 Å². The van der Waals surface area contributed by atoms with E-state index >= 15 is 8.78 Å². The molecule has 2 saturated carbocycles. The van der Waals surface area contributed by atoms with Crippen molar-refractivity contribution in [2.75, 3.05) is 31.6 Å². The summed E-state index contributed by atoms with van der Waals surface area (Å²) in [6, 6.07) is 18.7. The third-order valence-corrected chi connectivity index (χ3v) is 13.2. The Labute approximate surface area is 365 Å². The predicted molar refractivity (Wildman–Crippen MR) is 232 cm³/mol. The van der Waals surface area contributed by atoms with Gasteiger partial charge in [-0.2, -0.15) is 0 Å². The van der Waals surface area contributed by atoms with Gasteiger partial charge in [-0.15, -0.1) is 0 Å². The first-order valence-corrected chi connectivity index (χ1v) is 22.2. The number of piperidine rings is 1. The Morgan fingerprint density at radius 1 is 0.746 bits per heavy atom. The molecule has 328 valence electrons. The van der Waals surface area contributed by atoms with E-state index in [1.54, 1.807) is 34.1 Å². The molecule has 4 fully saturated rings. The highest BCUT2D eigenvalue weighted by molar-refractivity contribution is 5.91. The van der Waals surface area contributed by atoms with Crippen LogP contribution < -0.4 is 15.5 Å². The summed E-state index contributed by atoms with van der Waals surface area (Å²) < 4.78 is 31.9. The summed E-state index contributed by atoms with van der Waals surface area (Å²) in [7, 11) is 1.71. The van der Waals surface area contributed by atoms with E-state index in [-0.39, 0.29) is 53.1 Å². The number of likely N-dealkylation sites (N-methyl/N-ethyl adjacent to an activating group) is 1. The van der Waals surface area contributed by atoms with Crippen molar-refractivity contribution in [2.24, 2.45) is 11.8 Å². The number of aromatic nitrogens is 4. The maximum atomic E-state index is 15.9. The van der Waals surface area contributed by atoms with Crippen LogP contribution in [0.1, 0.15) is 117 Å². The smallest absolute Gasteiger partial charge is 0.250 e. The van der Waals surface area contributed by atoms with Gasteiger partial charge in [0.2, 0.25) is 23.6 Å². The van der Waals surface area contributed by atoms with Crippen molar-refractivity contribution in [1.82, 2.24) is 40.4 Å². The van der Waals surface area contributed by atoms with Crippen LogP contribution >= 0.6 is 0 Å². The third kappa shape index (κ3) is 8.96. The third-order valence-electron chi connectivity index (χ3n) is 13.2. The molecule has 9 rings (SSSR count). The lowest BCUT2D eigenvalue weighted by molar-refractivity contribution is -0.138. The van der Waals surface area contributed by atoms with E-state index in [1.165, 1.54) is 12.1 Å². The zero-order valence-electron chi connectivity index (χ0n) is 35.5. The number of likely N-dealkylation sites (tertiary alicyclic amines) is 1. The molecule has 3 aromatic carbocycles. The second kappa shape index (κ2) is 17.8. The first-order valence-electron chi connectivity index (χ1n) is 22.2. The average Bonchev–Trinajstić information content (AvgIpc) is 4.18. The molecule has 2 saturated heterocycles. The largest absolute Gasteiger partial charge is 0.367 e. The highest BCUT2D eigenvalue weighted by atomic mass is 19.1. The number of rotatable bonds is 14. The minimum Gasteiger partial charge on any atom is -0.367 e. The van der Waals surface area contributed by atoms with Crippen molar-refractivity contribution >= 4 is 29.3 Å². The maximum Gasteiger partial charge on any atom is 0.250 e.